The van der Waals surface area contributed by atoms with Crippen LogP contribution in [0.3, 0.4) is 0 Å². The lowest BCUT2D eigenvalue weighted by Crippen LogP contribution is -2.34. The highest BCUT2D eigenvalue weighted by Crippen LogP contribution is 2.22. The van der Waals surface area contributed by atoms with E-state index in [1.54, 1.807) is 6.07 Å². The van der Waals surface area contributed by atoms with Crippen LogP contribution in [-0.4, -0.2) is 60.5 Å². The molecule has 4 rings (SSSR count). The third-order valence-electron chi connectivity index (χ3n) is 5.28. The number of carbonyl (C=O) groups is 1. The number of phenolic OH excluding ortho intramolecular Hbond substituents is 1. The van der Waals surface area contributed by atoms with Gasteiger partial charge in [-0.15, -0.1) is 5.10 Å². The van der Waals surface area contributed by atoms with E-state index in [4.69, 9.17) is 17.3 Å². The van der Waals surface area contributed by atoms with Gasteiger partial charge in [-0.3, -0.25) is 9.69 Å². The van der Waals surface area contributed by atoms with Crippen molar-refractivity contribution in [1.29, 1.82) is 0 Å². The summed E-state index contributed by atoms with van der Waals surface area (Å²) in [6, 6.07) is 4.50. The van der Waals surface area contributed by atoms with Crippen molar-refractivity contribution in [3.8, 4) is 11.6 Å². The van der Waals surface area contributed by atoms with E-state index in [0.717, 1.165) is 25.9 Å². The van der Waals surface area contributed by atoms with E-state index in [1.807, 2.05) is 0 Å². The van der Waals surface area contributed by atoms with E-state index in [9.17, 15) is 9.90 Å². The SMILES string of the molecule is CC1CCN(Cc2c(C(=O)N/N=C\c3cc(Cl)ccc3O)nnn2-c2nonc2N)CC1. The second kappa shape index (κ2) is 9.32. The highest BCUT2D eigenvalue weighted by molar-refractivity contribution is 6.30. The van der Waals surface area contributed by atoms with Crippen LogP contribution in [0.1, 0.15) is 41.5 Å². The standard InChI is InChI=1S/C19H22ClN9O3/c1-11-4-6-28(7-5-11)10-14-16(23-27-29(14)18-17(21)25-32-26-18)19(31)24-22-9-12-8-13(20)2-3-15(12)30/h2-3,8-9,11,30H,4-7,10H2,1H3,(H2,21,25)(H,24,31)/b22-9-. The molecule has 0 spiro atoms. The third-order valence-corrected chi connectivity index (χ3v) is 5.52. The van der Waals surface area contributed by atoms with Gasteiger partial charge < -0.3 is 10.8 Å². The number of nitrogens with one attached hydrogen (secondary N) is 1. The van der Waals surface area contributed by atoms with Crippen LogP contribution in [0.25, 0.3) is 5.82 Å². The fourth-order valence-corrected chi connectivity index (χ4v) is 3.58. The Morgan fingerprint density at radius 1 is 1.41 bits per heavy atom. The van der Waals surface area contributed by atoms with Gasteiger partial charge in [0.2, 0.25) is 11.6 Å². The topological polar surface area (TPSA) is 161 Å². The predicted octanol–water partition coefficient (Wildman–Crippen LogP) is 1.59. The molecule has 0 bridgehead atoms. The Balaban J connectivity index is 1.57. The maximum atomic E-state index is 12.8. The van der Waals surface area contributed by atoms with Gasteiger partial charge in [0.25, 0.3) is 5.91 Å². The summed E-state index contributed by atoms with van der Waals surface area (Å²) in [5, 5.41) is 29.6. The molecule has 1 fully saturated rings. The molecule has 0 saturated carbocycles. The number of anilines is 1. The Hall–Kier alpha value is -3.51. The van der Waals surface area contributed by atoms with Crippen LogP contribution >= 0.6 is 11.6 Å². The maximum Gasteiger partial charge on any atom is 0.293 e. The molecular weight excluding hydrogens is 438 g/mol. The second-order valence-electron chi connectivity index (χ2n) is 7.63. The molecule has 1 amide bonds. The van der Waals surface area contributed by atoms with Crippen LogP contribution < -0.4 is 11.2 Å². The number of phenols is 1. The number of nitrogens with zero attached hydrogens (tertiary/aromatic N) is 7. The molecule has 1 aromatic carbocycles. The normalized spacial score (nSPS) is 15.4. The van der Waals surface area contributed by atoms with Crippen molar-refractivity contribution in [2.45, 2.75) is 26.3 Å². The number of piperidine rings is 1. The van der Waals surface area contributed by atoms with Crippen LogP contribution in [0, 0.1) is 5.92 Å². The number of aromatic nitrogens is 5. The molecule has 168 valence electrons. The first kappa shape index (κ1) is 21.7. The van der Waals surface area contributed by atoms with E-state index < -0.39 is 5.91 Å². The lowest BCUT2D eigenvalue weighted by atomic mass is 9.99. The number of carbonyl (C=O) groups excluding carboxylic acids is 1. The molecule has 1 aliphatic rings. The quantitative estimate of drug-likeness (QED) is 0.367. The number of amides is 1. The van der Waals surface area contributed by atoms with E-state index in [1.165, 1.54) is 23.0 Å². The largest absolute Gasteiger partial charge is 0.507 e. The summed E-state index contributed by atoms with van der Waals surface area (Å²) in [7, 11) is 0. The first-order chi connectivity index (χ1) is 15.4. The Morgan fingerprint density at radius 2 is 2.19 bits per heavy atom. The predicted molar refractivity (Wildman–Crippen MR) is 115 cm³/mol. The van der Waals surface area contributed by atoms with E-state index in [2.05, 4.69) is 47.6 Å². The minimum Gasteiger partial charge on any atom is -0.507 e. The summed E-state index contributed by atoms with van der Waals surface area (Å²) in [5.74, 6) is 0.246. The van der Waals surface area contributed by atoms with Crippen LogP contribution in [0.15, 0.2) is 27.9 Å². The van der Waals surface area contributed by atoms with Crippen molar-refractivity contribution in [3.63, 3.8) is 0 Å². The van der Waals surface area contributed by atoms with Crippen LogP contribution in [0.2, 0.25) is 5.02 Å². The molecule has 1 aliphatic heterocycles. The van der Waals surface area contributed by atoms with Gasteiger partial charge in [-0.25, -0.2) is 10.1 Å². The fourth-order valence-electron chi connectivity index (χ4n) is 3.40. The lowest BCUT2D eigenvalue weighted by molar-refractivity contribution is 0.0946. The molecule has 0 unspecified atom stereocenters. The first-order valence-corrected chi connectivity index (χ1v) is 10.4. The molecule has 32 heavy (non-hydrogen) atoms. The summed E-state index contributed by atoms with van der Waals surface area (Å²) in [6.45, 7) is 4.39. The lowest BCUT2D eigenvalue weighted by Gasteiger charge is -2.30. The number of hydrogen-bond acceptors (Lipinski definition) is 10. The van der Waals surface area contributed by atoms with Crippen molar-refractivity contribution >= 4 is 29.5 Å². The van der Waals surface area contributed by atoms with E-state index in [0.29, 0.717) is 28.7 Å². The monoisotopic (exact) mass is 459 g/mol. The average Bonchev–Trinajstić information content (AvgIpc) is 3.37. The number of aromatic hydroxyl groups is 1. The number of likely N-dealkylation sites (tertiary alicyclic amines) is 1. The Kier molecular flexibility index (Phi) is 6.32. The molecule has 12 nitrogen and oxygen atoms in total. The molecule has 0 aliphatic carbocycles. The number of hydrogen-bond donors (Lipinski definition) is 3. The van der Waals surface area contributed by atoms with Crippen molar-refractivity contribution in [1.82, 2.24) is 35.6 Å². The summed E-state index contributed by atoms with van der Waals surface area (Å²) >= 11 is 5.93. The number of halogens is 1. The Labute approximate surface area is 188 Å². The minimum atomic E-state index is -0.579. The number of nitrogens with two attached hydrogens (primary N) is 1. The summed E-state index contributed by atoms with van der Waals surface area (Å²) in [5.41, 5.74) is 9.13. The summed E-state index contributed by atoms with van der Waals surface area (Å²) in [4.78, 5) is 15.0. The number of rotatable bonds is 6. The number of benzene rings is 1. The molecule has 3 aromatic rings. The molecular formula is C19H22ClN9O3. The van der Waals surface area contributed by atoms with Gasteiger partial charge in [0.1, 0.15) is 5.75 Å². The molecule has 1 saturated heterocycles. The smallest absolute Gasteiger partial charge is 0.293 e. The zero-order chi connectivity index (χ0) is 22.7. The highest BCUT2D eigenvalue weighted by atomic mass is 35.5. The Morgan fingerprint density at radius 3 is 2.91 bits per heavy atom. The van der Waals surface area contributed by atoms with Crippen molar-refractivity contribution in [3.05, 3.63) is 40.2 Å². The fraction of sp³-hybridized carbons (Fsp3) is 0.368. The maximum absolute atomic E-state index is 12.8. The number of hydrazone groups is 1. The van der Waals surface area contributed by atoms with Gasteiger partial charge in [-0.05, 0) is 60.4 Å². The minimum absolute atomic E-state index is 0.0210. The van der Waals surface area contributed by atoms with Crippen molar-refractivity contribution < 1.29 is 14.5 Å². The molecule has 13 heteroatoms. The summed E-state index contributed by atoms with van der Waals surface area (Å²) in [6.07, 6.45) is 3.41. The van der Waals surface area contributed by atoms with Gasteiger partial charge in [0.15, 0.2) is 5.69 Å². The van der Waals surface area contributed by atoms with Gasteiger partial charge in [-0.1, -0.05) is 23.7 Å². The van der Waals surface area contributed by atoms with Crippen molar-refractivity contribution in [2.75, 3.05) is 18.8 Å². The molecule has 4 N–H and O–H groups in total. The summed E-state index contributed by atoms with van der Waals surface area (Å²) < 4.78 is 6.03. The average molecular weight is 460 g/mol. The second-order valence-corrected chi connectivity index (χ2v) is 8.07. The van der Waals surface area contributed by atoms with Crippen molar-refractivity contribution in [2.24, 2.45) is 11.0 Å². The molecule has 2 aromatic heterocycles. The number of nitrogen functional groups attached to an aromatic ring is 1. The van der Waals surface area contributed by atoms with Crippen LogP contribution in [0.4, 0.5) is 5.82 Å². The van der Waals surface area contributed by atoms with Gasteiger partial charge in [-0.2, -0.15) is 9.78 Å². The van der Waals surface area contributed by atoms with Crippen LogP contribution in [-0.2, 0) is 6.54 Å². The van der Waals surface area contributed by atoms with Gasteiger partial charge in [0, 0.05) is 17.1 Å². The zero-order valence-electron chi connectivity index (χ0n) is 17.3. The third kappa shape index (κ3) is 4.70. The van der Waals surface area contributed by atoms with E-state index >= 15 is 0 Å². The molecule has 0 radical (unpaired) electrons. The van der Waals surface area contributed by atoms with Gasteiger partial charge in [0.05, 0.1) is 11.9 Å². The first-order valence-electron chi connectivity index (χ1n) is 9.99. The van der Waals surface area contributed by atoms with Crippen LogP contribution in [0.5, 0.6) is 5.75 Å². The molecule has 0 atom stereocenters. The zero-order valence-corrected chi connectivity index (χ0v) is 18.0. The van der Waals surface area contributed by atoms with E-state index in [-0.39, 0.29) is 23.1 Å². The highest BCUT2D eigenvalue weighted by Gasteiger charge is 2.26. The Bertz CT molecular complexity index is 1140. The van der Waals surface area contributed by atoms with Gasteiger partial charge >= 0.3 is 0 Å². The molecule has 3 heterocycles.